The molecule has 0 aromatic carbocycles. The van der Waals surface area contributed by atoms with Crippen molar-refractivity contribution >= 4 is 21.7 Å². The Hall–Kier alpha value is -0.610. The molecule has 4 heteroatoms. The van der Waals surface area contributed by atoms with Gasteiger partial charge < -0.3 is 9.64 Å². The van der Waals surface area contributed by atoms with E-state index in [9.17, 15) is 0 Å². The second-order valence-corrected chi connectivity index (χ2v) is 5.00. The fraction of sp³-hybridized carbons (Fsp3) is 0.583. The lowest BCUT2D eigenvalue weighted by Gasteiger charge is -2.36. The molecule has 2 heterocycles. The van der Waals surface area contributed by atoms with Crippen LogP contribution in [-0.2, 0) is 4.74 Å². The fourth-order valence-corrected chi connectivity index (χ4v) is 2.70. The van der Waals surface area contributed by atoms with Crippen molar-refractivity contribution in [2.75, 3.05) is 24.7 Å². The molecule has 0 amide bonds. The maximum Gasteiger partial charge on any atom is 0.143 e. The normalized spacial score (nSPS) is 21.2. The zero-order valence-corrected chi connectivity index (χ0v) is 11.3. The maximum absolute atomic E-state index is 5.50. The van der Waals surface area contributed by atoms with Gasteiger partial charge in [0.05, 0.1) is 23.7 Å². The largest absolute Gasteiger partial charge is 0.377 e. The summed E-state index contributed by atoms with van der Waals surface area (Å²) in [6.07, 6.45) is 3.00. The summed E-state index contributed by atoms with van der Waals surface area (Å²) in [5, 5.41) is 0. The van der Waals surface area contributed by atoms with Gasteiger partial charge in [0.25, 0.3) is 0 Å². The summed E-state index contributed by atoms with van der Waals surface area (Å²) in [5.74, 6) is 1.04. The Bertz CT molecular complexity index is 370. The number of ether oxygens (including phenoxy) is 1. The smallest absolute Gasteiger partial charge is 0.143 e. The first-order valence-corrected chi connectivity index (χ1v) is 6.48. The molecule has 0 spiro atoms. The molecular formula is C12H17BrN2O. The molecule has 1 unspecified atom stereocenters. The van der Waals surface area contributed by atoms with Gasteiger partial charge in [-0.1, -0.05) is 6.92 Å². The van der Waals surface area contributed by atoms with E-state index < -0.39 is 0 Å². The Morgan fingerprint density at radius 3 is 3.12 bits per heavy atom. The van der Waals surface area contributed by atoms with Crippen LogP contribution in [0.5, 0.6) is 0 Å². The first-order chi connectivity index (χ1) is 7.72. The molecule has 88 valence electrons. The van der Waals surface area contributed by atoms with Crippen molar-refractivity contribution in [2.24, 2.45) is 0 Å². The van der Waals surface area contributed by atoms with Gasteiger partial charge in [-0.3, -0.25) is 0 Å². The van der Waals surface area contributed by atoms with Crippen molar-refractivity contribution in [1.82, 2.24) is 4.98 Å². The summed E-state index contributed by atoms with van der Waals surface area (Å²) in [7, 11) is 0. The van der Waals surface area contributed by atoms with Crippen LogP contribution in [0.4, 0.5) is 5.82 Å². The Labute approximate surface area is 105 Å². The van der Waals surface area contributed by atoms with Crippen LogP contribution in [0.25, 0.3) is 0 Å². The van der Waals surface area contributed by atoms with Crippen molar-refractivity contribution < 1.29 is 4.74 Å². The third kappa shape index (κ3) is 2.38. The molecule has 0 aliphatic carbocycles. The van der Waals surface area contributed by atoms with E-state index in [0.717, 1.165) is 36.5 Å². The minimum absolute atomic E-state index is 0.445. The number of nitrogens with zero attached hydrogens (tertiary/aromatic N) is 2. The SMILES string of the molecule is CCC1COCCN1c1ncc(C)cc1Br. The van der Waals surface area contributed by atoms with Crippen LogP contribution in [0.3, 0.4) is 0 Å². The quantitative estimate of drug-likeness (QED) is 0.835. The summed E-state index contributed by atoms with van der Waals surface area (Å²) in [6.45, 7) is 6.76. The van der Waals surface area contributed by atoms with Crippen molar-refractivity contribution in [3.8, 4) is 0 Å². The van der Waals surface area contributed by atoms with Crippen LogP contribution in [0, 0.1) is 6.92 Å². The van der Waals surface area contributed by atoms with Gasteiger partial charge in [-0.15, -0.1) is 0 Å². The summed E-state index contributed by atoms with van der Waals surface area (Å²) in [4.78, 5) is 6.86. The van der Waals surface area contributed by atoms with Crippen LogP contribution < -0.4 is 4.90 Å². The van der Waals surface area contributed by atoms with E-state index in [1.807, 2.05) is 6.20 Å². The Balaban J connectivity index is 2.27. The molecule has 2 rings (SSSR count). The highest BCUT2D eigenvalue weighted by atomic mass is 79.9. The number of morpholine rings is 1. The lowest BCUT2D eigenvalue weighted by Crippen LogP contribution is -2.45. The third-order valence-corrected chi connectivity index (χ3v) is 3.51. The molecule has 0 radical (unpaired) electrons. The topological polar surface area (TPSA) is 25.4 Å². The monoisotopic (exact) mass is 284 g/mol. The van der Waals surface area contributed by atoms with E-state index in [-0.39, 0.29) is 0 Å². The molecule has 1 aromatic rings. The van der Waals surface area contributed by atoms with E-state index in [4.69, 9.17) is 4.74 Å². The molecule has 1 aromatic heterocycles. The summed E-state index contributed by atoms with van der Waals surface area (Å²) in [6, 6.07) is 2.56. The summed E-state index contributed by atoms with van der Waals surface area (Å²) in [5.41, 5.74) is 1.18. The summed E-state index contributed by atoms with van der Waals surface area (Å²) < 4.78 is 6.58. The number of aryl methyl sites for hydroxylation is 1. The predicted octanol–water partition coefficient (Wildman–Crippen LogP) is 2.77. The second kappa shape index (κ2) is 5.15. The van der Waals surface area contributed by atoms with Gasteiger partial charge in [0, 0.05) is 12.7 Å². The first-order valence-electron chi connectivity index (χ1n) is 5.69. The number of hydrogen-bond acceptors (Lipinski definition) is 3. The van der Waals surface area contributed by atoms with Gasteiger partial charge in [0.1, 0.15) is 5.82 Å². The Kier molecular flexibility index (Phi) is 3.82. The van der Waals surface area contributed by atoms with Gasteiger partial charge in [-0.2, -0.15) is 0 Å². The second-order valence-electron chi connectivity index (χ2n) is 4.15. The number of rotatable bonds is 2. The average molecular weight is 285 g/mol. The fourth-order valence-electron chi connectivity index (χ4n) is 2.01. The van der Waals surface area contributed by atoms with Crippen LogP contribution in [-0.4, -0.2) is 30.8 Å². The van der Waals surface area contributed by atoms with Crippen molar-refractivity contribution in [1.29, 1.82) is 0 Å². The molecule has 1 fully saturated rings. The first kappa shape index (κ1) is 11.9. The number of halogens is 1. The standard InChI is InChI=1S/C12H17BrN2O/c1-3-10-8-16-5-4-15(10)12-11(13)6-9(2)7-14-12/h6-7,10H,3-5,8H2,1-2H3. The van der Waals surface area contributed by atoms with Gasteiger partial charge in [0.2, 0.25) is 0 Å². The Morgan fingerprint density at radius 1 is 1.62 bits per heavy atom. The highest BCUT2D eigenvalue weighted by Gasteiger charge is 2.24. The average Bonchev–Trinajstić information content (AvgIpc) is 2.29. The number of pyridine rings is 1. The zero-order chi connectivity index (χ0) is 11.5. The van der Waals surface area contributed by atoms with E-state index in [1.165, 1.54) is 5.56 Å². The zero-order valence-electron chi connectivity index (χ0n) is 9.74. The number of aromatic nitrogens is 1. The van der Waals surface area contributed by atoms with Crippen LogP contribution in [0.2, 0.25) is 0 Å². The minimum Gasteiger partial charge on any atom is -0.377 e. The van der Waals surface area contributed by atoms with Crippen LogP contribution >= 0.6 is 15.9 Å². The van der Waals surface area contributed by atoms with Gasteiger partial charge >= 0.3 is 0 Å². The van der Waals surface area contributed by atoms with E-state index in [0.29, 0.717) is 6.04 Å². The van der Waals surface area contributed by atoms with Crippen LogP contribution in [0.1, 0.15) is 18.9 Å². The maximum atomic E-state index is 5.50. The molecule has 0 bridgehead atoms. The summed E-state index contributed by atoms with van der Waals surface area (Å²) >= 11 is 3.59. The number of hydrogen-bond donors (Lipinski definition) is 0. The molecule has 1 atom stereocenters. The molecular weight excluding hydrogens is 268 g/mol. The predicted molar refractivity (Wildman–Crippen MR) is 68.9 cm³/mol. The lowest BCUT2D eigenvalue weighted by molar-refractivity contribution is 0.0925. The molecule has 0 saturated carbocycles. The van der Waals surface area contributed by atoms with Gasteiger partial charge in [0.15, 0.2) is 0 Å². The van der Waals surface area contributed by atoms with E-state index in [2.05, 4.69) is 45.7 Å². The lowest BCUT2D eigenvalue weighted by atomic mass is 10.1. The minimum atomic E-state index is 0.445. The third-order valence-electron chi connectivity index (χ3n) is 2.93. The highest BCUT2D eigenvalue weighted by Crippen LogP contribution is 2.27. The van der Waals surface area contributed by atoms with Crippen molar-refractivity contribution in [2.45, 2.75) is 26.3 Å². The molecule has 1 aliphatic heterocycles. The van der Waals surface area contributed by atoms with Crippen molar-refractivity contribution in [3.63, 3.8) is 0 Å². The molecule has 0 N–H and O–H groups in total. The van der Waals surface area contributed by atoms with Crippen LogP contribution in [0.15, 0.2) is 16.7 Å². The molecule has 1 aliphatic rings. The van der Waals surface area contributed by atoms with Gasteiger partial charge in [-0.25, -0.2) is 4.98 Å². The Morgan fingerprint density at radius 2 is 2.44 bits per heavy atom. The van der Waals surface area contributed by atoms with E-state index in [1.54, 1.807) is 0 Å². The molecule has 3 nitrogen and oxygen atoms in total. The van der Waals surface area contributed by atoms with E-state index >= 15 is 0 Å². The highest BCUT2D eigenvalue weighted by molar-refractivity contribution is 9.10. The van der Waals surface area contributed by atoms with Gasteiger partial charge in [-0.05, 0) is 40.9 Å². The molecule has 1 saturated heterocycles. The molecule has 16 heavy (non-hydrogen) atoms. The van der Waals surface area contributed by atoms with Crippen molar-refractivity contribution in [3.05, 3.63) is 22.3 Å². The number of anilines is 1.